The van der Waals surface area contributed by atoms with Crippen LogP contribution >= 0.6 is 0 Å². The molecule has 1 rings (SSSR count). The first-order valence-electron chi connectivity index (χ1n) is 8.39. The van der Waals surface area contributed by atoms with E-state index >= 15 is 0 Å². The third-order valence-corrected chi connectivity index (χ3v) is 4.43. The van der Waals surface area contributed by atoms with Crippen molar-refractivity contribution in [2.45, 2.75) is 72.3 Å². The smallest absolute Gasteiger partial charge is 0.0695 e. The highest BCUT2D eigenvalue weighted by Gasteiger charge is 2.24. The van der Waals surface area contributed by atoms with Crippen LogP contribution in [0.1, 0.15) is 66.2 Å². The quantitative estimate of drug-likeness (QED) is 0.685. The molecule has 0 bridgehead atoms. The Labute approximate surface area is 120 Å². The summed E-state index contributed by atoms with van der Waals surface area (Å²) in [4.78, 5) is 2.50. The second-order valence-electron chi connectivity index (χ2n) is 7.28. The van der Waals surface area contributed by atoms with Gasteiger partial charge in [-0.1, -0.05) is 40.5 Å². The van der Waals surface area contributed by atoms with Gasteiger partial charge in [0.25, 0.3) is 0 Å². The third-order valence-electron chi connectivity index (χ3n) is 4.43. The van der Waals surface area contributed by atoms with E-state index in [0.29, 0.717) is 5.92 Å². The average molecular weight is 269 g/mol. The molecule has 1 aliphatic carbocycles. The maximum Gasteiger partial charge on any atom is 0.0695 e. The summed E-state index contributed by atoms with van der Waals surface area (Å²) in [6, 6.07) is 0. The van der Waals surface area contributed by atoms with Gasteiger partial charge in [0.1, 0.15) is 0 Å². The molecular formula is C17H35NO. The van der Waals surface area contributed by atoms with Crippen molar-refractivity contribution in [1.82, 2.24) is 4.90 Å². The van der Waals surface area contributed by atoms with E-state index in [1.54, 1.807) is 0 Å². The Hall–Kier alpha value is -0.0800. The molecule has 2 heteroatoms. The Bertz CT molecular complexity index is 209. The summed E-state index contributed by atoms with van der Waals surface area (Å²) in [5, 5.41) is 10.4. The lowest BCUT2D eigenvalue weighted by Gasteiger charge is -2.29. The van der Waals surface area contributed by atoms with E-state index in [2.05, 4.69) is 32.6 Å². The Kier molecular flexibility index (Phi) is 8.01. The van der Waals surface area contributed by atoms with Crippen molar-refractivity contribution in [3.8, 4) is 0 Å². The van der Waals surface area contributed by atoms with Gasteiger partial charge in [-0.15, -0.1) is 0 Å². The van der Waals surface area contributed by atoms with Crippen molar-refractivity contribution in [2.75, 3.05) is 19.6 Å². The van der Waals surface area contributed by atoms with Crippen LogP contribution in [0.25, 0.3) is 0 Å². The molecule has 0 aromatic heterocycles. The van der Waals surface area contributed by atoms with Gasteiger partial charge < -0.3 is 10.0 Å². The van der Waals surface area contributed by atoms with E-state index in [9.17, 15) is 5.11 Å². The van der Waals surface area contributed by atoms with E-state index < -0.39 is 0 Å². The second-order valence-corrected chi connectivity index (χ2v) is 7.28. The standard InChI is InChI=1S/C17H35NO/c1-14(2)9-11-18(12-10-15(3)4)13-17(19)16-7-5-6-8-16/h14-17,19H,5-13H2,1-4H3. The Morgan fingerprint density at radius 1 is 0.947 bits per heavy atom. The lowest BCUT2D eigenvalue weighted by Crippen LogP contribution is -2.38. The lowest BCUT2D eigenvalue weighted by molar-refractivity contribution is 0.0621. The molecule has 1 saturated carbocycles. The third kappa shape index (κ3) is 7.31. The summed E-state index contributed by atoms with van der Waals surface area (Å²) in [6.07, 6.45) is 7.51. The number of hydrogen-bond acceptors (Lipinski definition) is 2. The largest absolute Gasteiger partial charge is 0.392 e. The van der Waals surface area contributed by atoms with E-state index in [1.807, 2.05) is 0 Å². The van der Waals surface area contributed by atoms with E-state index in [4.69, 9.17) is 0 Å². The van der Waals surface area contributed by atoms with Gasteiger partial charge in [-0.25, -0.2) is 0 Å². The average Bonchev–Trinajstić information content (AvgIpc) is 2.85. The van der Waals surface area contributed by atoms with Gasteiger partial charge in [0.05, 0.1) is 6.10 Å². The molecule has 19 heavy (non-hydrogen) atoms. The summed E-state index contributed by atoms with van der Waals surface area (Å²) in [5.41, 5.74) is 0. The zero-order valence-corrected chi connectivity index (χ0v) is 13.6. The topological polar surface area (TPSA) is 23.5 Å². The predicted molar refractivity (Wildman–Crippen MR) is 83.3 cm³/mol. The normalized spacial score (nSPS) is 18.9. The highest BCUT2D eigenvalue weighted by molar-refractivity contribution is 4.77. The minimum Gasteiger partial charge on any atom is -0.392 e. The molecule has 1 unspecified atom stereocenters. The molecule has 0 aliphatic heterocycles. The Morgan fingerprint density at radius 2 is 1.42 bits per heavy atom. The van der Waals surface area contributed by atoms with Crippen LogP contribution in [0.3, 0.4) is 0 Å². The molecule has 0 aromatic rings. The van der Waals surface area contributed by atoms with Crippen LogP contribution in [-0.4, -0.2) is 35.7 Å². The number of rotatable bonds is 9. The van der Waals surface area contributed by atoms with Crippen molar-refractivity contribution in [2.24, 2.45) is 17.8 Å². The van der Waals surface area contributed by atoms with Gasteiger partial charge in [0.15, 0.2) is 0 Å². The first kappa shape index (κ1) is 17.0. The molecule has 0 aromatic carbocycles. The fraction of sp³-hybridized carbons (Fsp3) is 1.00. The summed E-state index contributed by atoms with van der Waals surface area (Å²) in [5.74, 6) is 2.08. The summed E-state index contributed by atoms with van der Waals surface area (Å²) >= 11 is 0. The van der Waals surface area contributed by atoms with Crippen LogP contribution in [0, 0.1) is 17.8 Å². The first-order chi connectivity index (χ1) is 8.99. The van der Waals surface area contributed by atoms with Crippen LogP contribution in [-0.2, 0) is 0 Å². The molecule has 114 valence electrons. The minimum absolute atomic E-state index is 0.0955. The van der Waals surface area contributed by atoms with Crippen molar-refractivity contribution in [3.63, 3.8) is 0 Å². The molecule has 0 saturated heterocycles. The van der Waals surface area contributed by atoms with E-state index in [1.165, 1.54) is 38.5 Å². The van der Waals surface area contributed by atoms with Crippen LogP contribution in [0.4, 0.5) is 0 Å². The van der Waals surface area contributed by atoms with E-state index in [0.717, 1.165) is 31.5 Å². The Balaban J connectivity index is 2.37. The van der Waals surface area contributed by atoms with Crippen LogP contribution in [0.2, 0.25) is 0 Å². The van der Waals surface area contributed by atoms with Crippen LogP contribution < -0.4 is 0 Å². The van der Waals surface area contributed by atoms with Gasteiger partial charge in [0, 0.05) is 6.54 Å². The maximum absolute atomic E-state index is 10.4. The molecule has 0 amide bonds. The maximum atomic E-state index is 10.4. The molecule has 2 nitrogen and oxygen atoms in total. The monoisotopic (exact) mass is 269 g/mol. The SMILES string of the molecule is CC(C)CCN(CCC(C)C)CC(O)C1CCCC1. The molecule has 0 spiro atoms. The second kappa shape index (κ2) is 8.97. The number of nitrogens with zero attached hydrogens (tertiary/aromatic N) is 1. The van der Waals surface area contributed by atoms with Gasteiger partial charge in [0.2, 0.25) is 0 Å². The van der Waals surface area contributed by atoms with Gasteiger partial charge in [-0.3, -0.25) is 0 Å². The summed E-state index contributed by atoms with van der Waals surface area (Å²) in [6.45, 7) is 12.3. The van der Waals surface area contributed by atoms with Crippen LogP contribution in [0.5, 0.6) is 0 Å². The van der Waals surface area contributed by atoms with Crippen molar-refractivity contribution >= 4 is 0 Å². The number of hydrogen-bond donors (Lipinski definition) is 1. The minimum atomic E-state index is -0.0955. The highest BCUT2D eigenvalue weighted by Crippen LogP contribution is 2.28. The van der Waals surface area contributed by atoms with E-state index in [-0.39, 0.29) is 6.10 Å². The van der Waals surface area contributed by atoms with Crippen molar-refractivity contribution < 1.29 is 5.11 Å². The van der Waals surface area contributed by atoms with Crippen molar-refractivity contribution in [1.29, 1.82) is 0 Å². The first-order valence-corrected chi connectivity index (χ1v) is 8.39. The number of aliphatic hydroxyl groups is 1. The summed E-state index contributed by atoms with van der Waals surface area (Å²) in [7, 11) is 0. The summed E-state index contributed by atoms with van der Waals surface area (Å²) < 4.78 is 0. The zero-order chi connectivity index (χ0) is 14.3. The van der Waals surface area contributed by atoms with Crippen molar-refractivity contribution in [3.05, 3.63) is 0 Å². The fourth-order valence-electron chi connectivity index (χ4n) is 2.93. The molecule has 0 heterocycles. The van der Waals surface area contributed by atoms with Crippen LogP contribution in [0.15, 0.2) is 0 Å². The highest BCUT2D eigenvalue weighted by atomic mass is 16.3. The molecular weight excluding hydrogens is 234 g/mol. The van der Waals surface area contributed by atoms with Gasteiger partial charge >= 0.3 is 0 Å². The molecule has 1 fully saturated rings. The molecule has 1 aliphatic rings. The lowest BCUT2D eigenvalue weighted by atomic mass is 9.99. The molecule has 1 N–H and O–H groups in total. The Morgan fingerprint density at radius 3 is 1.84 bits per heavy atom. The number of aliphatic hydroxyl groups excluding tert-OH is 1. The van der Waals surface area contributed by atoms with Gasteiger partial charge in [-0.2, -0.15) is 0 Å². The molecule has 1 atom stereocenters. The zero-order valence-electron chi connectivity index (χ0n) is 13.6. The predicted octanol–water partition coefficient (Wildman–Crippen LogP) is 3.93. The van der Waals surface area contributed by atoms with Gasteiger partial charge in [-0.05, 0) is 56.5 Å². The molecule has 0 radical (unpaired) electrons. The fourth-order valence-corrected chi connectivity index (χ4v) is 2.93.